The number of nitrogens with one attached hydrogen (secondary N) is 1. The summed E-state index contributed by atoms with van der Waals surface area (Å²) in [6.45, 7) is 7.53. The Morgan fingerprint density at radius 1 is 1.30 bits per heavy atom. The number of hydrogen-bond acceptors (Lipinski definition) is 4. The third-order valence-corrected chi connectivity index (χ3v) is 3.47. The molecule has 0 amide bonds. The summed E-state index contributed by atoms with van der Waals surface area (Å²) in [6.07, 6.45) is 6.69. The lowest BCUT2D eigenvalue weighted by Crippen LogP contribution is -2.17. The summed E-state index contributed by atoms with van der Waals surface area (Å²) in [5.74, 6) is 0. The van der Waals surface area contributed by atoms with E-state index >= 15 is 0 Å². The van der Waals surface area contributed by atoms with Crippen LogP contribution in [0.2, 0.25) is 0 Å². The highest BCUT2D eigenvalue weighted by Crippen LogP contribution is 2.12. The molecule has 0 spiro atoms. The zero-order chi connectivity index (χ0) is 14.4. The van der Waals surface area contributed by atoms with Crippen LogP contribution in [0.5, 0.6) is 0 Å². The van der Waals surface area contributed by atoms with Crippen molar-refractivity contribution in [2.75, 3.05) is 13.2 Å². The van der Waals surface area contributed by atoms with Gasteiger partial charge in [-0.3, -0.25) is 4.68 Å². The van der Waals surface area contributed by atoms with E-state index in [0.717, 1.165) is 37.4 Å². The topological polar surface area (TPSA) is 67.9 Å². The molecule has 2 heterocycles. The number of aromatic nitrogens is 4. The summed E-state index contributed by atoms with van der Waals surface area (Å²) in [6, 6.07) is 0. The van der Waals surface area contributed by atoms with Gasteiger partial charge in [0.1, 0.15) is 0 Å². The average molecular weight is 277 g/mol. The van der Waals surface area contributed by atoms with E-state index in [1.807, 2.05) is 24.1 Å². The molecular formula is C14H23N5O. The van der Waals surface area contributed by atoms with E-state index in [0.29, 0.717) is 6.54 Å². The molecule has 0 aromatic carbocycles. The van der Waals surface area contributed by atoms with Gasteiger partial charge in [0.25, 0.3) is 0 Å². The molecule has 0 atom stereocenters. The lowest BCUT2D eigenvalue weighted by Gasteiger charge is -2.06. The van der Waals surface area contributed by atoms with Crippen LogP contribution in [0, 0.1) is 13.8 Å². The molecule has 20 heavy (non-hydrogen) atoms. The van der Waals surface area contributed by atoms with Crippen molar-refractivity contribution in [3.8, 4) is 0 Å². The monoisotopic (exact) mass is 277 g/mol. The van der Waals surface area contributed by atoms with Gasteiger partial charge in [0.05, 0.1) is 25.2 Å². The summed E-state index contributed by atoms with van der Waals surface area (Å²) >= 11 is 0. The van der Waals surface area contributed by atoms with Gasteiger partial charge < -0.3 is 15.0 Å². The fourth-order valence-electron chi connectivity index (χ4n) is 2.32. The molecule has 0 aliphatic rings. The summed E-state index contributed by atoms with van der Waals surface area (Å²) in [5, 5.41) is 16.9. The van der Waals surface area contributed by atoms with Crippen LogP contribution < -0.4 is 5.32 Å². The van der Waals surface area contributed by atoms with E-state index in [9.17, 15) is 0 Å². The van der Waals surface area contributed by atoms with Gasteiger partial charge in [-0.05, 0) is 26.8 Å². The quantitative estimate of drug-likeness (QED) is 0.703. The van der Waals surface area contributed by atoms with Gasteiger partial charge >= 0.3 is 0 Å². The van der Waals surface area contributed by atoms with Crippen LogP contribution in [0.3, 0.4) is 0 Å². The van der Waals surface area contributed by atoms with Crippen LogP contribution in [-0.4, -0.2) is 37.6 Å². The zero-order valence-electron chi connectivity index (χ0n) is 12.2. The minimum atomic E-state index is 0.125. The van der Waals surface area contributed by atoms with Gasteiger partial charge in [-0.15, -0.1) is 0 Å². The van der Waals surface area contributed by atoms with Crippen LogP contribution in [0.15, 0.2) is 18.7 Å². The third kappa shape index (κ3) is 3.68. The Labute approximate surface area is 119 Å². The molecule has 0 unspecified atom stereocenters. The third-order valence-electron chi connectivity index (χ3n) is 3.47. The van der Waals surface area contributed by atoms with Crippen LogP contribution in [0.25, 0.3) is 0 Å². The molecule has 0 aliphatic carbocycles. The van der Waals surface area contributed by atoms with Crippen molar-refractivity contribution in [1.82, 2.24) is 24.6 Å². The SMILES string of the molecule is Cc1nn(CCO)c(C)c1CNCCCn1ccnc1. The minimum Gasteiger partial charge on any atom is -0.394 e. The fraction of sp³-hybridized carbons (Fsp3) is 0.571. The molecule has 110 valence electrons. The second-order valence-corrected chi connectivity index (χ2v) is 4.93. The first-order valence-corrected chi connectivity index (χ1v) is 7.02. The van der Waals surface area contributed by atoms with Gasteiger partial charge in [0.15, 0.2) is 0 Å². The predicted molar refractivity (Wildman–Crippen MR) is 77.3 cm³/mol. The first kappa shape index (κ1) is 14.7. The Bertz CT molecular complexity index is 518. The van der Waals surface area contributed by atoms with Crippen molar-refractivity contribution in [3.63, 3.8) is 0 Å². The zero-order valence-corrected chi connectivity index (χ0v) is 12.2. The minimum absolute atomic E-state index is 0.125. The molecule has 0 saturated heterocycles. The molecule has 0 bridgehead atoms. The summed E-state index contributed by atoms with van der Waals surface area (Å²) in [7, 11) is 0. The summed E-state index contributed by atoms with van der Waals surface area (Å²) < 4.78 is 3.95. The van der Waals surface area contributed by atoms with Gasteiger partial charge in [0.2, 0.25) is 0 Å². The second-order valence-electron chi connectivity index (χ2n) is 4.93. The van der Waals surface area contributed by atoms with Gasteiger partial charge in [-0.1, -0.05) is 0 Å². The van der Waals surface area contributed by atoms with Crippen molar-refractivity contribution in [2.45, 2.75) is 39.9 Å². The van der Waals surface area contributed by atoms with Crippen LogP contribution in [0.1, 0.15) is 23.4 Å². The number of rotatable bonds is 8. The Hall–Kier alpha value is -1.66. The summed E-state index contributed by atoms with van der Waals surface area (Å²) in [5.41, 5.74) is 3.41. The number of hydrogen-bond donors (Lipinski definition) is 2. The van der Waals surface area contributed by atoms with Crippen LogP contribution >= 0.6 is 0 Å². The molecule has 2 N–H and O–H groups in total. The predicted octanol–water partition coefficient (Wildman–Crippen LogP) is 0.869. The molecule has 2 rings (SSSR count). The Balaban J connectivity index is 1.76. The molecular weight excluding hydrogens is 254 g/mol. The maximum Gasteiger partial charge on any atom is 0.0945 e. The molecule has 0 radical (unpaired) electrons. The highest BCUT2D eigenvalue weighted by Gasteiger charge is 2.10. The lowest BCUT2D eigenvalue weighted by atomic mass is 10.2. The average Bonchev–Trinajstić information content (AvgIpc) is 3.02. The van der Waals surface area contributed by atoms with Gasteiger partial charge in [-0.25, -0.2) is 4.98 Å². The van der Waals surface area contributed by atoms with Crippen LogP contribution in [0.4, 0.5) is 0 Å². The number of imidazole rings is 1. The van der Waals surface area contributed by atoms with E-state index in [2.05, 4.69) is 26.9 Å². The molecule has 0 aliphatic heterocycles. The van der Waals surface area contributed by atoms with E-state index in [4.69, 9.17) is 5.11 Å². The van der Waals surface area contributed by atoms with Crippen molar-refractivity contribution in [1.29, 1.82) is 0 Å². The standard InChI is InChI=1S/C14H23N5O/c1-12-14(13(2)19(17-12)8-9-20)10-15-4-3-6-18-7-5-16-11-18/h5,7,11,15,20H,3-4,6,8-10H2,1-2H3. The smallest absolute Gasteiger partial charge is 0.0945 e. The first-order valence-electron chi connectivity index (χ1n) is 7.02. The molecule has 2 aromatic heterocycles. The normalized spacial score (nSPS) is 11.2. The highest BCUT2D eigenvalue weighted by atomic mass is 16.3. The molecule has 0 fully saturated rings. The Kier molecular flexibility index (Phi) is 5.31. The first-order chi connectivity index (χ1) is 9.72. The molecule has 2 aromatic rings. The number of aliphatic hydroxyl groups excluding tert-OH is 1. The van der Waals surface area contributed by atoms with Crippen molar-refractivity contribution < 1.29 is 5.11 Å². The molecule has 0 saturated carbocycles. The van der Waals surface area contributed by atoms with Crippen molar-refractivity contribution in [3.05, 3.63) is 35.7 Å². The van der Waals surface area contributed by atoms with Gasteiger partial charge in [0, 0.05) is 36.7 Å². The molecule has 6 heteroatoms. The number of aliphatic hydroxyl groups is 1. The highest BCUT2D eigenvalue weighted by molar-refractivity contribution is 5.24. The number of nitrogens with zero attached hydrogens (tertiary/aromatic N) is 4. The Morgan fingerprint density at radius 2 is 2.15 bits per heavy atom. The van der Waals surface area contributed by atoms with E-state index < -0.39 is 0 Å². The lowest BCUT2D eigenvalue weighted by molar-refractivity contribution is 0.267. The summed E-state index contributed by atoms with van der Waals surface area (Å²) in [4.78, 5) is 4.02. The maximum absolute atomic E-state index is 9.00. The Morgan fingerprint density at radius 3 is 2.85 bits per heavy atom. The largest absolute Gasteiger partial charge is 0.394 e. The van der Waals surface area contributed by atoms with E-state index in [-0.39, 0.29) is 6.61 Å². The number of aryl methyl sites for hydroxylation is 2. The van der Waals surface area contributed by atoms with Crippen molar-refractivity contribution >= 4 is 0 Å². The van der Waals surface area contributed by atoms with Gasteiger partial charge in [-0.2, -0.15) is 5.10 Å². The second kappa shape index (κ2) is 7.21. The van der Waals surface area contributed by atoms with E-state index in [1.165, 1.54) is 5.56 Å². The van der Waals surface area contributed by atoms with Crippen LogP contribution in [-0.2, 0) is 19.6 Å². The maximum atomic E-state index is 9.00. The fourth-order valence-corrected chi connectivity index (χ4v) is 2.32. The van der Waals surface area contributed by atoms with Crippen molar-refractivity contribution in [2.24, 2.45) is 0 Å². The molecule has 6 nitrogen and oxygen atoms in total. The van der Waals surface area contributed by atoms with E-state index in [1.54, 1.807) is 6.20 Å².